The Morgan fingerprint density at radius 2 is 2.00 bits per heavy atom. The Morgan fingerprint density at radius 1 is 1.23 bits per heavy atom. The Morgan fingerprint density at radius 3 is 2.65 bits per heavy atom. The highest BCUT2D eigenvalue weighted by Gasteiger charge is 2.05. The minimum absolute atomic E-state index is 0. The molecule has 144 valence electrons. The molecule has 0 saturated heterocycles. The molecule has 0 aliphatic carbocycles. The molecule has 2 aromatic rings. The zero-order valence-electron chi connectivity index (χ0n) is 15.8. The van der Waals surface area contributed by atoms with Crippen LogP contribution in [-0.2, 0) is 6.54 Å². The third-order valence-corrected chi connectivity index (χ3v) is 5.02. The predicted molar refractivity (Wildman–Crippen MR) is 123 cm³/mol. The fourth-order valence-corrected chi connectivity index (χ4v) is 3.43. The first-order valence-corrected chi connectivity index (χ1v) is 9.71. The summed E-state index contributed by atoms with van der Waals surface area (Å²) < 4.78 is 2.19. The van der Waals surface area contributed by atoms with Gasteiger partial charge < -0.3 is 15.2 Å². The van der Waals surface area contributed by atoms with Crippen LogP contribution in [-0.4, -0.2) is 40.9 Å². The second kappa shape index (κ2) is 13.0. The van der Waals surface area contributed by atoms with E-state index in [9.17, 15) is 0 Å². The van der Waals surface area contributed by atoms with E-state index in [-0.39, 0.29) is 24.0 Å². The highest BCUT2D eigenvalue weighted by atomic mass is 127. The first kappa shape index (κ1) is 22.8. The van der Waals surface area contributed by atoms with Crippen molar-refractivity contribution in [3.63, 3.8) is 0 Å². The minimum Gasteiger partial charge on any atom is -0.356 e. The number of rotatable bonds is 9. The van der Waals surface area contributed by atoms with Gasteiger partial charge in [-0.15, -0.1) is 35.7 Å². The average Bonchev–Trinajstić information content (AvgIpc) is 3.03. The number of thioether (sulfide) groups is 1. The summed E-state index contributed by atoms with van der Waals surface area (Å²) in [6, 6.07) is 10.5. The second-order valence-electron chi connectivity index (χ2n) is 6.00. The monoisotopic (exact) mass is 487 g/mol. The number of guanidine groups is 1. The average molecular weight is 487 g/mol. The highest BCUT2D eigenvalue weighted by Crippen LogP contribution is 2.21. The molecule has 0 amide bonds. The van der Waals surface area contributed by atoms with Crippen LogP contribution in [0.3, 0.4) is 0 Å². The van der Waals surface area contributed by atoms with E-state index in [2.05, 4.69) is 56.4 Å². The lowest BCUT2D eigenvalue weighted by atomic mass is 10.3. The molecule has 0 spiro atoms. The van der Waals surface area contributed by atoms with Gasteiger partial charge in [0.2, 0.25) is 0 Å². The van der Waals surface area contributed by atoms with E-state index in [0.717, 1.165) is 44.3 Å². The molecule has 1 aromatic heterocycles. The van der Waals surface area contributed by atoms with Crippen molar-refractivity contribution in [1.29, 1.82) is 0 Å². The summed E-state index contributed by atoms with van der Waals surface area (Å²) >= 11 is 1.87. The van der Waals surface area contributed by atoms with Gasteiger partial charge in [0, 0.05) is 49.2 Å². The van der Waals surface area contributed by atoms with Gasteiger partial charge in [-0.2, -0.15) is 0 Å². The predicted octanol–water partition coefficient (Wildman–Crippen LogP) is 3.94. The van der Waals surface area contributed by atoms with Crippen molar-refractivity contribution >= 4 is 41.7 Å². The summed E-state index contributed by atoms with van der Waals surface area (Å²) in [6.45, 7) is 7.09. The number of nitrogens with one attached hydrogen (secondary N) is 2. The van der Waals surface area contributed by atoms with Crippen LogP contribution in [0.4, 0.5) is 0 Å². The van der Waals surface area contributed by atoms with Crippen LogP contribution in [0.1, 0.15) is 25.6 Å². The first-order valence-electron chi connectivity index (χ1n) is 8.83. The van der Waals surface area contributed by atoms with Crippen molar-refractivity contribution in [2.75, 3.05) is 20.1 Å². The SMILES string of the molecule is CN=C(NCCCCn1ccnc1C)NCC(C)Sc1ccccc1.I. The van der Waals surface area contributed by atoms with Crippen molar-refractivity contribution < 1.29 is 0 Å². The zero-order chi connectivity index (χ0) is 17.9. The summed E-state index contributed by atoms with van der Waals surface area (Å²) in [5, 5.41) is 7.27. The molecule has 1 heterocycles. The molecule has 5 nitrogen and oxygen atoms in total. The van der Waals surface area contributed by atoms with E-state index in [0.29, 0.717) is 5.25 Å². The van der Waals surface area contributed by atoms with E-state index < -0.39 is 0 Å². The summed E-state index contributed by atoms with van der Waals surface area (Å²) in [5.74, 6) is 1.95. The fraction of sp³-hybridized carbons (Fsp3) is 0.474. The molecule has 1 atom stereocenters. The zero-order valence-corrected chi connectivity index (χ0v) is 19.0. The molecule has 0 fully saturated rings. The van der Waals surface area contributed by atoms with Crippen LogP contribution >= 0.6 is 35.7 Å². The topological polar surface area (TPSA) is 54.2 Å². The molecule has 0 bridgehead atoms. The number of benzene rings is 1. The number of aliphatic imine (C=N–C) groups is 1. The minimum atomic E-state index is 0. The lowest BCUT2D eigenvalue weighted by Crippen LogP contribution is -2.40. The number of aromatic nitrogens is 2. The largest absolute Gasteiger partial charge is 0.356 e. The number of halogens is 1. The Kier molecular flexibility index (Phi) is 11.4. The molecule has 0 aliphatic heterocycles. The Bertz CT molecular complexity index is 644. The van der Waals surface area contributed by atoms with Gasteiger partial charge in [-0.05, 0) is 31.9 Å². The highest BCUT2D eigenvalue weighted by molar-refractivity contribution is 14.0. The third-order valence-electron chi connectivity index (χ3n) is 3.90. The van der Waals surface area contributed by atoms with E-state index in [1.54, 1.807) is 0 Å². The van der Waals surface area contributed by atoms with Crippen LogP contribution in [0.2, 0.25) is 0 Å². The van der Waals surface area contributed by atoms with Gasteiger partial charge in [0.15, 0.2) is 5.96 Å². The number of nitrogens with zero attached hydrogens (tertiary/aromatic N) is 3. The summed E-state index contributed by atoms with van der Waals surface area (Å²) in [5.41, 5.74) is 0. The maximum Gasteiger partial charge on any atom is 0.191 e. The van der Waals surface area contributed by atoms with Crippen LogP contribution in [0.5, 0.6) is 0 Å². The van der Waals surface area contributed by atoms with Crippen molar-refractivity contribution in [3.8, 4) is 0 Å². The number of unbranched alkanes of at least 4 members (excludes halogenated alkanes) is 1. The second-order valence-corrected chi connectivity index (χ2v) is 7.51. The molecule has 0 radical (unpaired) electrons. The van der Waals surface area contributed by atoms with Crippen molar-refractivity contribution in [2.24, 2.45) is 4.99 Å². The van der Waals surface area contributed by atoms with Gasteiger partial charge in [0.1, 0.15) is 5.82 Å². The standard InChI is InChI=1S/C19H29N5S.HI/c1-16(25-18-9-5-4-6-10-18)15-23-19(20-3)22-11-7-8-13-24-14-12-21-17(24)2;/h4-6,9-10,12,14,16H,7-8,11,13,15H2,1-3H3,(H2,20,22,23);1H. The molecule has 26 heavy (non-hydrogen) atoms. The van der Waals surface area contributed by atoms with Crippen molar-refractivity contribution in [3.05, 3.63) is 48.5 Å². The number of imidazole rings is 1. The van der Waals surface area contributed by atoms with Gasteiger partial charge in [-0.25, -0.2) is 4.98 Å². The Hall–Kier alpha value is -1.22. The lowest BCUT2D eigenvalue weighted by molar-refractivity contribution is 0.588. The van der Waals surface area contributed by atoms with Crippen LogP contribution in [0, 0.1) is 6.92 Å². The van der Waals surface area contributed by atoms with Gasteiger partial charge in [0.05, 0.1) is 0 Å². The molecule has 0 aliphatic rings. The molecule has 2 N–H and O–H groups in total. The lowest BCUT2D eigenvalue weighted by Gasteiger charge is -2.16. The molecular formula is C19H30IN5S. The van der Waals surface area contributed by atoms with E-state index in [1.165, 1.54) is 4.90 Å². The number of hydrogen-bond donors (Lipinski definition) is 2. The third kappa shape index (κ3) is 8.44. The Balaban J connectivity index is 0.00000338. The van der Waals surface area contributed by atoms with Gasteiger partial charge in [-0.1, -0.05) is 25.1 Å². The number of hydrogen-bond acceptors (Lipinski definition) is 3. The van der Waals surface area contributed by atoms with Crippen LogP contribution < -0.4 is 10.6 Å². The van der Waals surface area contributed by atoms with E-state index in [1.807, 2.05) is 44.2 Å². The summed E-state index contributed by atoms with van der Waals surface area (Å²) in [6.07, 6.45) is 6.12. The van der Waals surface area contributed by atoms with Crippen molar-refractivity contribution in [2.45, 2.75) is 43.4 Å². The van der Waals surface area contributed by atoms with Gasteiger partial charge in [0.25, 0.3) is 0 Å². The Labute approximate surface area is 178 Å². The van der Waals surface area contributed by atoms with Gasteiger partial charge in [-0.3, -0.25) is 4.99 Å². The smallest absolute Gasteiger partial charge is 0.191 e. The normalized spacial score (nSPS) is 12.3. The maximum absolute atomic E-state index is 4.30. The van der Waals surface area contributed by atoms with E-state index >= 15 is 0 Å². The summed E-state index contributed by atoms with van der Waals surface area (Å²) in [7, 11) is 1.82. The fourth-order valence-electron chi connectivity index (χ4n) is 2.49. The van der Waals surface area contributed by atoms with Crippen LogP contribution in [0.15, 0.2) is 52.6 Å². The van der Waals surface area contributed by atoms with E-state index in [4.69, 9.17) is 0 Å². The molecule has 7 heteroatoms. The summed E-state index contributed by atoms with van der Waals surface area (Å²) in [4.78, 5) is 9.84. The molecule has 1 unspecified atom stereocenters. The first-order chi connectivity index (χ1) is 12.2. The number of aryl methyl sites for hydroxylation is 2. The molecule has 1 aromatic carbocycles. The van der Waals surface area contributed by atoms with Crippen molar-refractivity contribution in [1.82, 2.24) is 20.2 Å². The van der Waals surface area contributed by atoms with Crippen LogP contribution in [0.25, 0.3) is 0 Å². The molecule has 2 rings (SSSR count). The van der Waals surface area contributed by atoms with Gasteiger partial charge >= 0.3 is 0 Å². The maximum atomic E-state index is 4.30. The molecular weight excluding hydrogens is 457 g/mol. The molecule has 0 saturated carbocycles. The quantitative estimate of drug-likeness (QED) is 0.185.